The molecular weight excluding hydrogens is 552 g/mol. The third-order valence-electron chi connectivity index (χ3n) is 8.17. The Balaban J connectivity index is 1.12. The molecule has 0 unspecified atom stereocenters. The summed E-state index contributed by atoms with van der Waals surface area (Å²) >= 11 is 0. The third kappa shape index (κ3) is 6.39. The summed E-state index contributed by atoms with van der Waals surface area (Å²) in [5, 5.41) is 5.14. The fourth-order valence-corrected chi connectivity index (χ4v) is 5.94. The molecule has 0 saturated heterocycles. The summed E-state index contributed by atoms with van der Waals surface area (Å²) in [5.41, 5.74) is 6.94. The maximum atomic E-state index is 6.37. The molecule has 0 aliphatic heterocycles. The van der Waals surface area contributed by atoms with Gasteiger partial charge in [-0.3, -0.25) is 0 Å². The number of aryl methyl sites for hydroxylation is 1. The Morgan fingerprint density at radius 2 is 0.800 bits per heavy atom. The van der Waals surface area contributed by atoms with Crippen LogP contribution >= 0.6 is 0 Å². The fraction of sp³-hybridized carbons (Fsp3) is 0.0952. The van der Waals surface area contributed by atoms with Crippen molar-refractivity contribution in [2.24, 2.45) is 0 Å². The predicted octanol–water partition coefficient (Wildman–Crippen LogP) is 10.7. The normalized spacial score (nSPS) is 11.0. The van der Waals surface area contributed by atoms with E-state index in [4.69, 9.17) is 14.2 Å². The van der Waals surface area contributed by atoms with Gasteiger partial charge in [-0.1, -0.05) is 109 Å². The van der Waals surface area contributed by atoms with Crippen LogP contribution in [0.1, 0.15) is 22.3 Å². The minimum Gasteiger partial charge on any atom is -0.489 e. The molecule has 0 spiro atoms. The quantitative estimate of drug-likeness (QED) is 0.149. The van der Waals surface area contributed by atoms with E-state index in [9.17, 15) is 0 Å². The minimum absolute atomic E-state index is 0.437. The Bertz CT molecular complexity index is 1930. The molecule has 7 aromatic rings. The molecule has 3 heteroatoms. The van der Waals surface area contributed by atoms with Gasteiger partial charge in [-0.15, -0.1) is 0 Å². The molecule has 0 atom stereocenters. The first-order valence-electron chi connectivity index (χ1n) is 15.3. The van der Waals surface area contributed by atoms with Gasteiger partial charge < -0.3 is 14.2 Å². The van der Waals surface area contributed by atoms with Crippen molar-refractivity contribution in [1.29, 1.82) is 0 Å². The summed E-state index contributed by atoms with van der Waals surface area (Å²) in [7, 11) is 0. The number of benzene rings is 7. The maximum absolute atomic E-state index is 6.37. The lowest BCUT2D eigenvalue weighted by Crippen LogP contribution is -2.02. The van der Waals surface area contributed by atoms with Gasteiger partial charge in [0.1, 0.15) is 37.1 Å². The van der Waals surface area contributed by atoms with Crippen molar-refractivity contribution in [3.8, 4) is 28.4 Å². The lowest BCUT2D eigenvalue weighted by atomic mass is 9.89. The largest absolute Gasteiger partial charge is 0.489 e. The van der Waals surface area contributed by atoms with Crippen molar-refractivity contribution in [3.05, 3.63) is 174 Å². The van der Waals surface area contributed by atoms with Crippen LogP contribution in [0.2, 0.25) is 0 Å². The lowest BCUT2D eigenvalue weighted by Gasteiger charge is -2.16. The van der Waals surface area contributed by atoms with Gasteiger partial charge in [0.15, 0.2) is 0 Å². The van der Waals surface area contributed by atoms with Crippen LogP contribution in [-0.2, 0) is 19.8 Å². The Morgan fingerprint density at radius 1 is 0.378 bits per heavy atom. The lowest BCUT2D eigenvalue weighted by molar-refractivity contribution is 0.288. The first-order chi connectivity index (χ1) is 22.2. The van der Waals surface area contributed by atoms with E-state index in [1.54, 1.807) is 0 Å². The van der Waals surface area contributed by atoms with Crippen molar-refractivity contribution in [2.45, 2.75) is 26.7 Å². The Kier molecular flexibility index (Phi) is 8.15. The van der Waals surface area contributed by atoms with Gasteiger partial charge in [-0.2, -0.15) is 0 Å². The second-order valence-corrected chi connectivity index (χ2v) is 11.3. The van der Waals surface area contributed by atoms with Crippen molar-refractivity contribution >= 4 is 21.5 Å². The summed E-state index contributed by atoms with van der Waals surface area (Å²) in [6.45, 7) is 3.55. The second-order valence-electron chi connectivity index (χ2n) is 11.3. The zero-order chi connectivity index (χ0) is 30.4. The summed E-state index contributed by atoms with van der Waals surface area (Å²) < 4.78 is 18.5. The topological polar surface area (TPSA) is 27.7 Å². The summed E-state index contributed by atoms with van der Waals surface area (Å²) in [6, 6.07) is 52.1. The molecule has 45 heavy (non-hydrogen) atoms. The first-order valence-corrected chi connectivity index (χ1v) is 15.3. The fourth-order valence-electron chi connectivity index (χ4n) is 5.94. The zero-order valence-electron chi connectivity index (χ0n) is 25.3. The van der Waals surface area contributed by atoms with Gasteiger partial charge in [0.05, 0.1) is 0 Å². The smallest absolute Gasteiger partial charge is 0.120 e. The monoisotopic (exact) mass is 586 g/mol. The van der Waals surface area contributed by atoms with E-state index >= 15 is 0 Å². The molecule has 0 aromatic heterocycles. The molecule has 0 heterocycles. The molecule has 0 saturated carbocycles. The van der Waals surface area contributed by atoms with Crippen LogP contribution in [-0.4, -0.2) is 0 Å². The number of para-hydroxylation sites is 2. The molecule has 7 aromatic carbocycles. The van der Waals surface area contributed by atoms with E-state index in [1.807, 2.05) is 72.8 Å². The first kappa shape index (κ1) is 28.2. The molecule has 0 amide bonds. The zero-order valence-corrected chi connectivity index (χ0v) is 25.3. The molecule has 0 bridgehead atoms. The van der Waals surface area contributed by atoms with Gasteiger partial charge >= 0.3 is 0 Å². The van der Waals surface area contributed by atoms with Crippen LogP contribution in [0.25, 0.3) is 32.7 Å². The molecule has 0 fully saturated rings. The SMILES string of the molecule is Cc1c2ccccc2c(-c2ccc(COc3cc(COc4ccccc4)cc(COc4ccccc4)c3)cc2)c2ccccc12. The molecular formula is C42H34O3. The average Bonchev–Trinajstić information content (AvgIpc) is 3.10. The minimum atomic E-state index is 0.437. The van der Waals surface area contributed by atoms with Gasteiger partial charge in [0.2, 0.25) is 0 Å². The number of ether oxygens (including phenoxy) is 3. The van der Waals surface area contributed by atoms with E-state index in [0.29, 0.717) is 19.8 Å². The van der Waals surface area contributed by atoms with Crippen molar-refractivity contribution < 1.29 is 14.2 Å². The van der Waals surface area contributed by atoms with Crippen LogP contribution in [0, 0.1) is 6.92 Å². The van der Waals surface area contributed by atoms with Crippen molar-refractivity contribution in [3.63, 3.8) is 0 Å². The third-order valence-corrected chi connectivity index (χ3v) is 8.17. The summed E-state index contributed by atoms with van der Waals surface area (Å²) in [6.07, 6.45) is 0. The van der Waals surface area contributed by atoms with E-state index in [1.165, 1.54) is 38.2 Å². The standard InChI is InChI=1S/C42H34O3/c1-30-38-16-8-10-18-40(38)42(41-19-11-9-17-39(30)41)34-22-20-31(21-23-34)27-45-37-25-32(28-43-35-12-4-2-5-13-35)24-33(26-37)29-44-36-14-6-3-7-15-36/h2-26H,27-29H2,1H3. The number of fused-ring (bicyclic) bond motifs is 2. The summed E-state index contributed by atoms with van der Waals surface area (Å²) in [4.78, 5) is 0. The Labute approximate surface area is 264 Å². The van der Waals surface area contributed by atoms with Crippen LogP contribution < -0.4 is 14.2 Å². The number of hydrogen-bond donors (Lipinski definition) is 0. The predicted molar refractivity (Wildman–Crippen MR) is 184 cm³/mol. The van der Waals surface area contributed by atoms with E-state index in [-0.39, 0.29) is 0 Å². The average molecular weight is 587 g/mol. The van der Waals surface area contributed by atoms with E-state index in [0.717, 1.165) is 33.9 Å². The van der Waals surface area contributed by atoms with Crippen LogP contribution in [0.5, 0.6) is 17.2 Å². The van der Waals surface area contributed by atoms with Crippen LogP contribution in [0.3, 0.4) is 0 Å². The highest BCUT2D eigenvalue weighted by Crippen LogP contribution is 2.39. The molecule has 0 aliphatic carbocycles. The van der Waals surface area contributed by atoms with Crippen molar-refractivity contribution in [2.75, 3.05) is 0 Å². The maximum Gasteiger partial charge on any atom is 0.120 e. The molecule has 3 nitrogen and oxygen atoms in total. The van der Waals surface area contributed by atoms with Gasteiger partial charge in [0, 0.05) is 0 Å². The highest BCUT2D eigenvalue weighted by atomic mass is 16.5. The molecule has 7 rings (SSSR count). The van der Waals surface area contributed by atoms with Gasteiger partial charge in [0.25, 0.3) is 0 Å². The van der Waals surface area contributed by atoms with Gasteiger partial charge in [-0.25, -0.2) is 0 Å². The molecule has 220 valence electrons. The second kappa shape index (κ2) is 13.0. The van der Waals surface area contributed by atoms with Gasteiger partial charge in [-0.05, 0) is 104 Å². The van der Waals surface area contributed by atoms with E-state index in [2.05, 4.69) is 85.8 Å². The molecule has 0 N–H and O–H groups in total. The van der Waals surface area contributed by atoms with E-state index < -0.39 is 0 Å². The summed E-state index contributed by atoms with van der Waals surface area (Å²) in [5.74, 6) is 2.45. The van der Waals surface area contributed by atoms with Crippen LogP contribution in [0.15, 0.2) is 152 Å². The Hall–Kier alpha value is -5.54. The molecule has 0 radical (unpaired) electrons. The highest BCUT2D eigenvalue weighted by Gasteiger charge is 2.13. The van der Waals surface area contributed by atoms with Crippen LogP contribution in [0.4, 0.5) is 0 Å². The number of rotatable bonds is 10. The Morgan fingerprint density at radius 3 is 1.31 bits per heavy atom. The molecule has 0 aliphatic rings. The highest BCUT2D eigenvalue weighted by molar-refractivity contribution is 6.14. The number of hydrogen-bond acceptors (Lipinski definition) is 3. The van der Waals surface area contributed by atoms with Crippen molar-refractivity contribution in [1.82, 2.24) is 0 Å².